The first-order valence-corrected chi connectivity index (χ1v) is 4.44. The van der Waals surface area contributed by atoms with Crippen molar-refractivity contribution in [3.8, 4) is 5.75 Å². The lowest BCUT2D eigenvalue weighted by atomic mass is 10.1. The second-order valence-corrected chi connectivity index (χ2v) is 3.07. The molecule has 1 aromatic rings. The summed E-state index contributed by atoms with van der Waals surface area (Å²) in [6, 6.07) is 4.37. The summed E-state index contributed by atoms with van der Waals surface area (Å²) in [7, 11) is 0. The van der Waals surface area contributed by atoms with E-state index in [1.165, 1.54) is 6.07 Å². The van der Waals surface area contributed by atoms with Gasteiger partial charge in [0.15, 0.2) is 0 Å². The molecule has 0 radical (unpaired) electrons. The van der Waals surface area contributed by atoms with E-state index in [-0.39, 0.29) is 11.9 Å². The van der Waals surface area contributed by atoms with Gasteiger partial charge < -0.3 is 10.5 Å². The van der Waals surface area contributed by atoms with Gasteiger partial charge in [-0.2, -0.15) is 0 Å². The number of hydrogen-bond donors (Lipinski definition) is 1. The van der Waals surface area contributed by atoms with Gasteiger partial charge in [-0.15, -0.1) is 0 Å². The Hall–Kier alpha value is -1.35. The number of ether oxygens (including phenoxy) is 1. The molecule has 0 fully saturated rings. The Bertz CT molecular complexity index is 323. The number of halogens is 1. The highest BCUT2D eigenvalue weighted by molar-refractivity contribution is 5.30. The summed E-state index contributed by atoms with van der Waals surface area (Å²) < 4.78 is 18.5. The average molecular weight is 195 g/mol. The average Bonchev–Trinajstić information content (AvgIpc) is 2.14. The Morgan fingerprint density at radius 3 is 2.86 bits per heavy atom. The molecule has 0 saturated carbocycles. The van der Waals surface area contributed by atoms with E-state index in [1.54, 1.807) is 25.1 Å². The zero-order chi connectivity index (χ0) is 10.6. The maximum atomic E-state index is 13.3. The molecule has 0 saturated heterocycles. The molecule has 2 nitrogen and oxygen atoms in total. The molecule has 0 spiro atoms. The monoisotopic (exact) mass is 195 g/mol. The van der Waals surface area contributed by atoms with Crippen LogP contribution in [0, 0.1) is 5.82 Å². The van der Waals surface area contributed by atoms with Gasteiger partial charge in [-0.3, -0.25) is 0 Å². The van der Waals surface area contributed by atoms with E-state index >= 15 is 0 Å². The van der Waals surface area contributed by atoms with Crippen molar-refractivity contribution in [3.63, 3.8) is 0 Å². The second kappa shape index (κ2) is 4.77. The van der Waals surface area contributed by atoms with E-state index in [2.05, 4.69) is 6.58 Å². The molecule has 3 heteroatoms. The highest BCUT2D eigenvalue weighted by Gasteiger charge is 2.07. The minimum absolute atomic E-state index is 0.302. The predicted molar refractivity (Wildman–Crippen MR) is 54.7 cm³/mol. The standard InChI is InChI=1S/C11H14FNO/c1-3-6-14-9-4-5-10(8(2)13)11(12)7-9/h3-5,7-8H,1,6,13H2,2H3/t8-/m0/s1. The summed E-state index contributed by atoms with van der Waals surface area (Å²) in [6.07, 6.45) is 1.61. The van der Waals surface area contributed by atoms with Crippen LogP contribution < -0.4 is 10.5 Å². The van der Waals surface area contributed by atoms with Crippen LogP contribution in [0.25, 0.3) is 0 Å². The van der Waals surface area contributed by atoms with Crippen LogP contribution >= 0.6 is 0 Å². The first kappa shape index (κ1) is 10.7. The van der Waals surface area contributed by atoms with Crippen LogP contribution in [0.15, 0.2) is 30.9 Å². The van der Waals surface area contributed by atoms with Crippen LogP contribution in [0.5, 0.6) is 5.75 Å². The number of hydrogen-bond acceptors (Lipinski definition) is 2. The van der Waals surface area contributed by atoms with Gasteiger partial charge in [0.25, 0.3) is 0 Å². The van der Waals surface area contributed by atoms with Crippen LogP contribution in [-0.4, -0.2) is 6.61 Å². The van der Waals surface area contributed by atoms with Gasteiger partial charge in [0.1, 0.15) is 18.2 Å². The topological polar surface area (TPSA) is 35.2 Å². The van der Waals surface area contributed by atoms with Crippen molar-refractivity contribution < 1.29 is 9.13 Å². The van der Waals surface area contributed by atoms with Crippen LogP contribution in [0.1, 0.15) is 18.5 Å². The van der Waals surface area contributed by atoms with Gasteiger partial charge in [0.2, 0.25) is 0 Å². The van der Waals surface area contributed by atoms with Gasteiger partial charge in [-0.05, 0) is 13.0 Å². The smallest absolute Gasteiger partial charge is 0.131 e. The lowest BCUT2D eigenvalue weighted by molar-refractivity contribution is 0.360. The number of benzene rings is 1. The maximum Gasteiger partial charge on any atom is 0.131 e. The van der Waals surface area contributed by atoms with Gasteiger partial charge in [-0.1, -0.05) is 18.7 Å². The van der Waals surface area contributed by atoms with E-state index in [0.29, 0.717) is 17.9 Å². The minimum Gasteiger partial charge on any atom is -0.489 e. The zero-order valence-electron chi connectivity index (χ0n) is 8.16. The van der Waals surface area contributed by atoms with E-state index in [9.17, 15) is 4.39 Å². The molecule has 2 N–H and O–H groups in total. The summed E-state index contributed by atoms with van der Waals surface area (Å²) in [6.45, 7) is 5.62. The molecule has 0 amide bonds. The summed E-state index contributed by atoms with van der Waals surface area (Å²) in [5.41, 5.74) is 6.06. The van der Waals surface area contributed by atoms with Gasteiger partial charge in [0.05, 0.1) is 0 Å². The normalized spacial score (nSPS) is 12.2. The summed E-state index contributed by atoms with van der Waals surface area (Å²) >= 11 is 0. The molecular formula is C11H14FNO. The summed E-state index contributed by atoms with van der Waals surface area (Å²) in [4.78, 5) is 0. The van der Waals surface area contributed by atoms with E-state index < -0.39 is 0 Å². The zero-order valence-corrected chi connectivity index (χ0v) is 8.16. The molecule has 0 aliphatic heterocycles. The first-order valence-electron chi connectivity index (χ1n) is 4.44. The van der Waals surface area contributed by atoms with Crippen molar-refractivity contribution in [1.82, 2.24) is 0 Å². The fraction of sp³-hybridized carbons (Fsp3) is 0.273. The summed E-state index contributed by atoms with van der Waals surface area (Å²) in [5, 5.41) is 0. The molecular weight excluding hydrogens is 181 g/mol. The molecule has 76 valence electrons. The molecule has 1 aromatic carbocycles. The first-order chi connectivity index (χ1) is 6.65. The number of rotatable bonds is 4. The SMILES string of the molecule is C=CCOc1ccc([C@H](C)N)c(F)c1. The van der Waals surface area contributed by atoms with Gasteiger partial charge in [0, 0.05) is 17.7 Å². The van der Waals surface area contributed by atoms with Crippen LogP contribution in [-0.2, 0) is 0 Å². The molecule has 0 heterocycles. The fourth-order valence-corrected chi connectivity index (χ4v) is 1.12. The summed E-state index contributed by atoms with van der Waals surface area (Å²) in [5.74, 6) is 0.161. The third kappa shape index (κ3) is 2.57. The highest BCUT2D eigenvalue weighted by Crippen LogP contribution is 2.20. The second-order valence-electron chi connectivity index (χ2n) is 3.07. The van der Waals surface area contributed by atoms with Crippen molar-refractivity contribution in [1.29, 1.82) is 0 Å². The van der Waals surface area contributed by atoms with E-state index in [4.69, 9.17) is 10.5 Å². The fourth-order valence-electron chi connectivity index (χ4n) is 1.12. The van der Waals surface area contributed by atoms with Crippen LogP contribution in [0.3, 0.4) is 0 Å². The third-order valence-corrected chi connectivity index (χ3v) is 1.83. The van der Waals surface area contributed by atoms with Crippen molar-refractivity contribution in [2.75, 3.05) is 6.61 Å². The molecule has 14 heavy (non-hydrogen) atoms. The number of nitrogens with two attached hydrogens (primary N) is 1. The van der Waals surface area contributed by atoms with Gasteiger partial charge in [-0.25, -0.2) is 4.39 Å². The molecule has 0 unspecified atom stereocenters. The van der Waals surface area contributed by atoms with Gasteiger partial charge >= 0.3 is 0 Å². The molecule has 0 aliphatic rings. The Kier molecular flexibility index (Phi) is 3.65. The lowest BCUT2D eigenvalue weighted by Crippen LogP contribution is -2.07. The van der Waals surface area contributed by atoms with Crippen molar-refractivity contribution >= 4 is 0 Å². The van der Waals surface area contributed by atoms with E-state index in [1.807, 2.05) is 0 Å². The minimum atomic E-state index is -0.332. The molecule has 1 rings (SSSR count). The predicted octanol–water partition coefficient (Wildman–Crippen LogP) is 2.41. The molecule has 0 aliphatic carbocycles. The quantitative estimate of drug-likeness (QED) is 0.749. The van der Waals surface area contributed by atoms with Crippen molar-refractivity contribution in [3.05, 3.63) is 42.2 Å². The highest BCUT2D eigenvalue weighted by atomic mass is 19.1. The Labute approximate surface area is 83.2 Å². The Morgan fingerprint density at radius 1 is 1.64 bits per heavy atom. The van der Waals surface area contributed by atoms with Crippen molar-refractivity contribution in [2.24, 2.45) is 5.73 Å². The largest absolute Gasteiger partial charge is 0.489 e. The van der Waals surface area contributed by atoms with Crippen molar-refractivity contribution in [2.45, 2.75) is 13.0 Å². The third-order valence-electron chi connectivity index (χ3n) is 1.83. The molecule has 0 bridgehead atoms. The lowest BCUT2D eigenvalue weighted by Gasteiger charge is -2.09. The van der Waals surface area contributed by atoms with E-state index in [0.717, 1.165) is 0 Å². The van der Waals surface area contributed by atoms with Crippen LogP contribution in [0.2, 0.25) is 0 Å². The molecule has 1 atom stereocenters. The molecule has 0 aromatic heterocycles. The van der Waals surface area contributed by atoms with Crippen LogP contribution in [0.4, 0.5) is 4.39 Å². The Balaban J connectivity index is 2.83. The Morgan fingerprint density at radius 2 is 2.36 bits per heavy atom. The maximum absolute atomic E-state index is 13.3.